The highest BCUT2D eigenvalue weighted by Crippen LogP contribution is 2.22. The van der Waals surface area contributed by atoms with Crippen LogP contribution < -0.4 is 0 Å². The summed E-state index contributed by atoms with van der Waals surface area (Å²) in [6, 6.07) is 39.9. The van der Waals surface area contributed by atoms with Crippen molar-refractivity contribution in [1.29, 1.82) is 0 Å². The SMILES string of the molecule is S=c1[nH]nc(-c2ccccc2)n1-c1ccccc1.S=c1[nH]nc(-c2ccccc2)n1-c1ccccc1. The monoisotopic (exact) mass is 506 g/mol. The van der Waals surface area contributed by atoms with Gasteiger partial charge in [0.2, 0.25) is 0 Å². The van der Waals surface area contributed by atoms with Crippen LogP contribution in [0.2, 0.25) is 0 Å². The third kappa shape index (κ3) is 5.00. The second-order valence-electron chi connectivity index (χ2n) is 7.78. The fourth-order valence-electron chi connectivity index (χ4n) is 3.79. The molecule has 8 heteroatoms. The Balaban J connectivity index is 0.000000148. The van der Waals surface area contributed by atoms with Gasteiger partial charge in [-0.3, -0.25) is 19.3 Å². The smallest absolute Gasteiger partial charge is 0.200 e. The molecule has 6 aromatic rings. The van der Waals surface area contributed by atoms with Crippen molar-refractivity contribution in [2.24, 2.45) is 0 Å². The summed E-state index contributed by atoms with van der Waals surface area (Å²) >= 11 is 10.6. The number of hydrogen-bond acceptors (Lipinski definition) is 4. The van der Waals surface area contributed by atoms with Crippen LogP contribution in [-0.4, -0.2) is 29.5 Å². The third-order valence-corrected chi connectivity index (χ3v) is 5.99. The van der Waals surface area contributed by atoms with Crippen molar-refractivity contribution in [2.45, 2.75) is 0 Å². The van der Waals surface area contributed by atoms with Crippen LogP contribution in [0.1, 0.15) is 0 Å². The van der Waals surface area contributed by atoms with Gasteiger partial charge < -0.3 is 0 Å². The lowest BCUT2D eigenvalue weighted by Crippen LogP contribution is -1.97. The van der Waals surface area contributed by atoms with Gasteiger partial charge in [0.15, 0.2) is 21.2 Å². The van der Waals surface area contributed by atoms with Gasteiger partial charge in [0.1, 0.15) is 0 Å². The van der Waals surface area contributed by atoms with Crippen molar-refractivity contribution in [3.63, 3.8) is 0 Å². The zero-order valence-electron chi connectivity index (χ0n) is 19.2. The van der Waals surface area contributed by atoms with Gasteiger partial charge >= 0.3 is 0 Å². The van der Waals surface area contributed by atoms with Crippen molar-refractivity contribution in [3.05, 3.63) is 131 Å². The number of rotatable bonds is 4. The van der Waals surface area contributed by atoms with Crippen LogP contribution in [0.15, 0.2) is 121 Å². The molecule has 2 heterocycles. The lowest BCUT2D eigenvalue weighted by atomic mass is 10.2. The van der Waals surface area contributed by atoms with E-state index in [1.54, 1.807) is 0 Å². The molecule has 2 aromatic heterocycles. The highest BCUT2D eigenvalue weighted by Gasteiger charge is 2.10. The maximum absolute atomic E-state index is 5.30. The second-order valence-corrected chi connectivity index (χ2v) is 8.55. The van der Waals surface area contributed by atoms with E-state index in [9.17, 15) is 0 Å². The van der Waals surface area contributed by atoms with Gasteiger partial charge in [0.05, 0.1) is 0 Å². The van der Waals surface area contributed by atoms with Gasteiger partial charge in [-0.15, -0.1) is 0 Å². The third-order valence-electron chi connectivity index (χ3n) is 5.44. The molecule has 0 aliphatic heterocycles. The normalized spacial score (nSPS) is 10.4. The maximum atomic E-state index is 5.30. The molecule has 36 heavy (non-hydrogen) atoms. The molecule has 0 fully saturated rings. The number of aromatic amines is 2. The molecule has 4 aromatic carbocycles. The molecule has 0 aliphatic carbocycles. The van der Waals surface area contributed by atoms with E-state index in [4.69, 9.17) is 24.4 Å². The van der Waals surface area contributed by atoms with Gasteiger partial charge in [-0.25, -0.2) is 0 Å². The van der Waals surface area contributed by atoms with E-state index in [0.29, 0.717) is 9.54 Å². The van der Waals surface area contributed by atoms with E-state index >= 15 is 0 Å². The summed E-state index contributed by atoms with van der Waals surface area (Å²) in [6.07, 6.45) is 0. The Morgan fingerprint density at radius 3 is 1.08 bits per heavy atom. The van der Waals surface area contributed by atoms with E-state index < -0.39 is 0 Å². The van der Waals surface area contributed by atoms with E-state index in [-0.39, 0.29) is 0 Å². The minimum Gasteiger partial charge on any atom is -0.268 e. The Hall–Kier alpha value is -4.40. The number of H-pyrrole nitrogens is 2. The number of aromatic nitrogens is 6. The summed E-state index contributed by atoms with van der Waals surface area (Å²) in [6.45, 7) is 0. The first-order valence-electron chi connectivity index (χ1n) is 11.3. The minimum atomic E-state index is 0.597. The van der Waals surface area contributed by atoms with Gasteiger partial charge in [-0.05, 0) is 48.7 Å². The number of benzene rings is 4. The largest absolute Gasteiger partial charge is 0.268 e. The van der Waals surface area contributed by atoms with Crippen molar-refractivity contribution >= 4 is 24.4 Å². The molecule has 0 unspecified atom stereocenters. The molecule has 0 amide bonds. The summed E-state index contributed by atoms with van der Waals surface area (Å²) < 4.78 is 5.06. The molecule has 176 valence electrons. The number of nitrogens with one attached hydrogen (secondary N) is 2. The molecular weight excluding hydrogens is 484 g/mol. The standard InChI is InChI=1S/2C14H11N3S/c2*18-14-16-15-13(11-7-3-1-4-8-11)17(14)12-9-5-2-6-10-12/h2*1-10H,(H,16,18). The van der Waals surface area contributed by atoms with Crippen LogP contribution in [0, 0.1) is 9.54 Å². The topological polar surface area (TPSA) is 67.2 Å². The van der Waals surface area contributed by atoms with E-state index in [1.165, 1.54) is 0 Å². The molecule has 6 rings (SSSR count). The Morgan fingerprint density at radius 1 is 0.444 bits per heavy atom. The Labute approximate surface area is 218 Å². The molecular formula is C28H22N6S2. The number of hydrogen-bond donors (Lipinski definition) is 2. The molecule has 0 saturated heterocycles. The summed E-state index contributed by atoms with van der Waals surface area (Å²) in [5.74, 6) is 1.65. The van der Waals surface area contributed by atoms with Crippen molar-refractivity contribution < 1.29 is 0 Å². The Kier molecular flexibility index (Phi) is 7.07. The molecule has 0 bridgehead atoms. The summed E-state index contributed by atoms with van der Waals surface area (Å²) in [4.78, 5) is 0. The number of para-hydroxylation sites is 2. The lowest BCUT2D eigenvalue weighted by molar-refractivity contribution is 1.04. The zero-order chi connectivity index (χ0) is 24.7. The average molecular weight is 507 g/mol. The second kappa shape index (κ2) is 10.9. The number of nitrogens with zero attached hydrogens (tertiary/aromatic N) is 4. The van der Waals surface area contributed by atoms with Gasteiger partial charge in [-0.1, -0.05) is 97.1 Å². The molecule has 0 atom stereocenters. The first-order chi connectivity index (χ1) is 17.7. The van der Waals surface area contributed by atoms with Crippen molar-refractivity contribution in [2.75, 3.05) is 0 Å². The van der Waals surface area contributed by atoms with E-state index in [2.05, 4.69) is 20.4 Å². The van der Waals surface area contributed by atoms with E-state index in [1.807, 2.05) is 130 Å². The minimum absolute atomic E-state index is 0.597. The maximum Gasteiger partial charge on any atom is 0.200 e. The quantitative estimate of drug-likeness (QED) is 0.248. The highest BCUT2D eigenvalue weighted by molar-refractivity contribution is 7.71. The van der Waals surface area contributed by atoms with Gasteiger partial charge in [0.25, 0.3) is 0 Å². The highest BCUT2D eigenvalue weighted by atomic mass is 32.1. The fraction of sp³-hybridized carbons (Fsp3) is 0. The van der Waals surface area contributed by atoms with Crippen LogP contribution in [0.3, 0.4) is 0 Å². The summed E-state index contributed by atoms with van der Waals surface area (Å²) in [5.41, 5.74) is 4.09. The average Bonchev–Trinajstić information content (AvgIpc) is 3.53. The zero-order valence-corrected chi connectivity index (χ0v) is 20.8. The Morgan fingerprint density at radius 2 is 0.750 bits per heavy atom. The molecule has 2 N–H and O–H groups in total. The van der Waals surface area contributed by atoms with Gasteiger partial charge in [-0.2, -0.15) is 10.2 Å². The van der Waals surface area contributed by atoms with Crippen LogP contribution in [-0.2, 0) is 0 Å². The molecule has 0 saturated carbocycles. The summed E-state index contributed by atoms with van der Waals surface area (Å²) in [7, 11) is 0. The molecule has 0 spiro atoms. The Bertz CT molecular complexity index is 1520. The van der Waals surface area contributed by atoms with Crippen LogP contribution in [0.4, 0.5) is 0 Å². The fourth-order valence-corrected chi connectivity index (χ4v) is 4.26. The lowest BCUT2D eigenvalue weighted by Gasteiger charge is -2.06. The molecule has 0 aliphatic rings. The van der Waals surface area contributed by atoms with E-state index in [0.717, 1.165) is 34.2 Å². The first-order valence-corrected chi connectivity index (χ1v) is 12.1. The van der Waals surface area contributed by atoms with Crippen molar-refractivity contribution in [1.82, 2.24) is 29.5 Å². The predicted molar refractivity (Wildman–Crippen MR) is 148 cm³/mol. The van der Waals surface area contributed by atoms with Crippen LogP contribution in [0.5, 0.6) is 0 Å². The molecule has 6 nitrogen and oxygen atoms in total. The molecule has 0 radical (unpaired) electrons. The van der Waals surface area contributed by atoms with Gasteiger partial charge in [0, 0.05) is 22.5 Å². The summed E-state index contributed by atoms with van der Waals surface area (Å²) in [5, 5.41) is 14.3. The van der Waals surface area contributed by atoms with Crippen LogP contribution in [0.25, 0.3) is 34.2 Å². The van der Waals surface area contributed by atoms with Crippen molar-refractivity contribution in [3.8, 4) is 34.2 Å². The van der Waals surface area contributed by atoms with Crippen LogP contribution >= 0.6 is 24.4 Å². The predicted octanol–water partition coefficient (Wildman–Crippen LogP) is 7.19. The first kappa shape index (κ1) is 23.3.